The molecule has 0 unspecified atom stereocenters. The van der Waals surface area contributed by atoms with E-state index in [0.717, 1.165) is 35.7 Å². The molecule has 156 valence electrons. The third-order valence-corrected chi connectivity index (χ3v) is 6.15. The second kappa shape index (κ2) is 7.35. The van der Waals surface area contributed by atoms with E-state index in [1.807, 2.05) is 11.9 Å². The smallest absolute Gasteiger partial charge is 0.253 e. The van der Waals surface area contributed by atoms with Crippen LogP contribution in [0.25, 0.3) is 0 Å². The fourth-order valence-electron chi connectivity index (χ4n) is 5.07. The Morgan fingerprint density at radius 1 is 0.700 bits per heavy atom. The van der Waals surface area contributed by atoms with Crippen molar-refractivity contribution in [3.63, 3.8) is 0 Å². The number of hydrogen-bond donors (Lipinski definition) is 0. The number of anilines is 2. The quantitative estimate of drug-likeness (QED) is 0.630. The fraction of sp³-hybridized carbons (Fsp3) is 0.346. The highest BCUT2D eigenvalue weighted by atomic mass is 16.2. The maximum Gasteiger partial charge on any atom is 0.253 e. The molecule has 0 spiro atoms. The van der Waals surface area contributed by atoms with Crippen LogP contribution in [-0.4, -0.2) is 24.4 Å². The molecule has 4 rings (SSSR count). The maximum atomic E-state index is 13.1. The van der Waals surface area contributed by atoms with Crippen LogP contribution in [0.2, 0.25) is 0 Å². The van der Waals surface area contributed by atoms with Gasteiger partial charge in [-0.25, -0.2) is 0 Å². The van der Waals surface area contributed by atoms with Crippen molar-refractivity contribution in [3.05, 3.63) is 81.4 Å². The predicted molar refractivity (Wildman–Crippen MR) is 125 cm³/mol. The van der Waals surface area contributed by atoms with Crippen LogP contribution >= 0.6 is 0 Å². The lowest BCUT2D eigenvalue weighted by Crippen LogP contribution is -2.29. The lowest BCUT2D eigenvalue weighted by Gasteiger charge is -2.31. The Balaban J connectivity index is 1.94. The van der Waals surface area contributed by atoms with Crippen LogP contribution < -0.4 is 9.80 Å². The summed E-state index contributed by atoms with van der Waals surface area (Å²) in [5.41, 5.74) is 10.6. The monoisotopic (exact) mass is 401 g/mol. The Labute approximate surface area is 180 Å². The summed E-state index contributed by atoms with van der Waals surface area (Å²) in [7, 11) is 1.89. The molecule has 2 aliphatic rings. The fourth-order valence-corrected chi connectivity index (χ4v) is 5.07. The summed E-state index contributed by atoms with van der Waals surface area (Å²) in [6.45, 7) is 13.6. The highest BCUT2D eigenvalue weighted by Gasteiger charge is 2.35. The lowest BCUT2D eigenvalue weighted by atomic mass is 10.0. The van der Waals surface area contributed by atoms with Crippen molar-refractivity contribution in [1.82, 2.24) is 4.90 Å². The molecular weight excluding hydrogens is 370 g/mol. The maximum absolute atomic E-state index is 13.1. The van der Waals surface area contributed by atoms with Gasteiger partial charge >= 0.3 is 0 Å². The number of amides is 1. The summed E-state index contributed by atoms with van der Waals surface area (Å²) in [5.74, 6) is 1.09. The summed E-state index contributed by atoms with van der Waals surface area (Å²) < 4.78 is 0. The van der Waals surface area contributed by atoms with Crippen LogP contribution in [-0.2, 0) is 4.79 Å². The normalized spacial score (nSPS) is 16.5. The molecule has 1 fully saturated rings. The van der Waals surface area contributed by atoms with Crippen molar-refractivity contribution in [3.8, 4) is 0 Å². The van der Waals surface area contributed by atoms with Gasteiger partial charge in [-0.3, -0.25) is 4.79 Å². The van der Waals surface area contributed by atoms with E-state index in [0.29, 0.717) is 0 Å². The van der Waals surface area contributed by atoms with Crippen molar-refractivity contribution in [2.75, 3.05) is 23.4 Å². The number of likely N-dealkylation sites (N-methyl/N-ethyl adjacent to an activating group) is 1. The Hall–Kier alpha value is -3.01. The molecular formula is C26H31N3O. The molecule has 0 N–H and O–H groups in total. The van der Waals surface area contributed by atoms with Gasteiger partial charge in [-0.15, -0.1) is 0 Å². The molecule has 0 saturated carbocycles. The van der Waals surface area contributed by atoms with Crippen molar-refractivity contribution in [2.45, 2.75) is 48.0 Å². The van der Waals surface area contributed by atoms with Gasteiger partial charge in [0.1, 0.15) is 5.82 Å². The van der Waals surface area contributed by atoms with Crippen molar-refractivity contribution in [2.24, 2.45) is 0 Å². The van der Waals surface area contributed by atoms with Crippen LogP contribution in [0.4, 0.5) is 11.4 Å². The Morgan fingerprint density at radius 3 is 1.43 bits per heavy atom. The number of hydrogen-bond acceptors (Lipinski definition) is 3. The molecule has 0 aliphatic carbocycles. The van der Waals surface area contributed by atoms with Gasteiger partial charge in [0.15, 0.2) is 0 Å². The highest BCUT2D eigenvalue weighted by molar-refractivity contribution is 5.98. The molecule has 4 heteroatoms. The average Bonchev–Trinajstić information content (AvgIpc) is 3.18. The van der Waals surface area contributed by atoms with E-state index in [1.54, 1.807) is 0 Å². The van der Waals surface area contributed by atoms with Gasteiger partial charge < -0.3 is 14.7 Å². The van der Waals surface area contributed by atoms with E-state index in [9.17, 15) is 4.79 Å². The summed E-state index contributed by atoms with van der Waals surface area (Å²) in [5, 5.41) is 0. The third kappa shape index (κ3) is 3.20. The van der Waals surface area contributed by atoms with E-state index in [2.05, 4.69) is 88.0 Å². The second-order valence-corrected chi connectivity index (χ2v) is 8.81. The standard InChI is InChI=1S/C26H31N3O/c1-16-12-18(3)23(19(4)13-16)28-10-11-29(24-20(5)14-17(2)15-21(24)6)25(28)22-8-9-27(7)26(22)30/h10-15H,8-9H2,1-7H3. The molecule has 0 atom stereocenters. The summed E-state index contributed by atoms with van der Waals surface area (Å²) in [6.07, 6.45) is 4.97. The Kier molecular flexibility index (Phi) is 4.97. The molecule has 2 aliphatic heterocycles. The van der Waals surface area contributed by atoms with Gasteiger partial charge in [0, 0.05) is 26.0 Å². The van der Waals surface area contributed by atoms with Gasteiger partial charge in [-0.2, -0.15) is 0 Å². The predicted octanol–water partition coefficient (Wildman–Crippen LogP) is 5.41. The van der Waals surface area contributed by atoms with Crippen LogP contribution in [0, 0.1) is 41.5 Å². The van der Waals surface area contributed by atoms with Crippen molar-refractivity contribution >= 4 is 17.3 Å². The molecule has 30 heavy (non-hydrogen) atoms. The number of likely N-dealkylation sites (tertiary alicyclic amines) is 1. The zero-order valence-corrected chi connectivity index (χ0v) is 19.1. The van der Waals surface area contributed by atoms with Crippen LogP contribution in [0.1, 0.15) is 39.8 Å². The van der Waals surface area contributed by atoms with Gasteiger partial charge in [0.2, 0.25) is 0 Å². The highest BCUT2D eigenvalue weighted by Crippen LogP contribution is 2.41. The zero-order chi connectivity index (χ0) is 21.7. The largest absolute Gasteiger partial charge is 0.342 e. The number of benzene rings is 2. The number of aryl methyl sites for hydroxylation is 6. The number of carbonyl (C=O) groups is 1. The SMILES string of the molecule is Cc1cc(C)c(N2C=CN(c3c(C)cc(C)cc3C)C2=C2CCN(C)C2=O)c(C)c1. The molecule has 0 radical (unpaired) electrons. The second-order valence-electron chi connectivity index (χ2n) is 8.81. The number of nitrogens with zero attached hydrogens (tertiary/aromatic N) is 3. The molecule has 1 amide bonds. The first-order chi connectivity index (χ1) is 14.2. The molecule has 2 heterocycles. The number of rotatable bonds is 2. The van der Waals surface area contributed by atoms with Gasteiger partial charge in [-0.1, -0.05) is 35.4 Å². The van der Waals surface area contributed by atoms with Crippen LogP contribution in [0.3, 0.4) is 0 Å². The minimum Gasteiger partial charge on any atom is -0.342 e. The Bertz CT molecular complexity index is 994. The zero-order valence-electron chi connectivity index (χ0n) is 19.1. The van der Waals surface area contributed by atoms with E-state index in [1.165, 1.54) is 33.4 Å². The average molecular weight is 402 g/mol. The summed E-state index contributed by atoms with van der Waals surface area (Å²) in [6, 6.07) is 8.86. The first-order valence-corrected chi connectivity index (χ1v) is 10.6. The third-order valence-electron chi connectivity index (χ3n) is 6.15. The van der Waals surface area contributed by atoms with E-state index >= 15 is 0 Å². The topological polar surface area (TPSA) is 26.8 Å². The number of carbonyl (C=O) groups excluding carboxylic acids is 1. The first kappa shape index (κ1) is 20.3. The summed E-state index contributed by atoms with van der Waals surface area (Å²) in [4.78, 5) is 19.3. The molecule has 2 aromatic carbocycles. The molecule has 4 nitrogen and oxygen atoms in total. The van der Waals surface area contributed by atoms with Gasteiger partial charge in [0.05, 0.1) is 16.9 Å². The van der Waals surface area contributed by atoms with E-state index in [4.69, 9.17) is 0 Å². The summed E-state index contributed by atoms with van der Waals surface area (Å²) >= 11 is 0. The molecule has 0 bridgehead atoms. The lowest BCUT2D eigenvalue weighted by molar-refractivity contribution is -0.123. The molecule has 2 aromatic rings. The van der Waals surface area contributed by atoms with E-state index < -0.39 is 0 Å². The molecule has 0 aromatic heterocycles. The minimum atomic E-state index is 0.119. The van der Waals surface area contributed by atoms with Crippen molar-refractivity contribution in [1.29, 1.82) is 0 Å². The van der Waals surface area contributed by atoms with Crippen LogP contribution in [0.15, 0.2) is 48.1 Å². The first-order valence-electron chi connectivity index (χ1n) is 10.6. The van der Waals surface area contributed by atoms with Crippen molar-refractivity contribution < 1.29 is 4.79 Å². The van der Waals surface area contributed by atoms with E-state index in [-0.39, 0.29) is 5.91 Å². The Morgan fingerprint density at radius 2 is 1.10 bits per heavy atom. The van der Waals surface area contributed by atoms with Crippen LogP contribution in [0.5, 0.6) is 0 Å². The minimum absolute atomic E-state index is 0.119. The molecule has 1 saturated heterocycles. The van der Waals surface area contributed by atoms with Gasteiger partial charge in [-0.05, 0) is 70.2 Å². The van der Waals surface area contributed by atoms with Gasteiger partial charge in [0.25, 0.3) is 5.91 Å².